The average molecular weight is 459 g/mol. The van der Waals surface area contributed by atoms with Crippen LogP contribution in [0.25, 0.3) is 0 Å². The number of nitrogens with two attached hydrogens (primary N) is 1. The lowest BCUT2D eigenvalue weighted by Gasteiger charge is -2.08. The van der Waals surface area contributed by atoms with Crippen LogP contribution in [-0.2, 0) is 11.0 Å². The van der Waals surface area contributed by atoms with Gasteiger partial charge in [-0.15, -0.1) is 0 Å². The van der Waals surface area contributed by atoms with Crippen molar-refractivity contribution >= 4 is 35.2 Å². The Bertz CT molecular complexity index is 932. The molecule has 0 spiro atoms. The van der Waals surface area contributed by atoms with Crippen LogP contribution in [0.5, 0.6) is 0 Å². The summed E-state index contributed by atoms with van der Waals surface area (Å²) in [6.45, 7) is 5.66. The molecule has 0 bridgehead atoms. The highest BCUT2D eigenvalue weighted by Crippen LogP contribution is 2.30. The van der Waals surface area contributed by atoms with Crippen LogP contribution in [-0.4, -0.2) is 17.2 Å². The second-order valence-electron chi connectivity index (χ2n) is 5.40. The maximum atomic E-state index is 12.4. The SMILES string of the molecule is CC.Cc1cc(Cl)ccc1[N+](=O)[O-].NC(/C=C\Nc1cccc(C(F)(F)F)c1)=NC=O. The summed E-state index contributed by atoms with van der Waals surface area (Å²) < 4.78 is 37.2. The van der Waals surface area contributed by atoms with Gasteiger partial charge in [0.1, 0.15) is 5.84 Å². The van der Waals surface area contributed by atoms with E-state index in [1.807, 2.05) is 13.8 Å². The number of nitro benzene ring substituents is 1. The Morgan fingerprint density at radius 2 is 1.87 bits per heavy atom. The second kappa shape index (κ2) is 13.8. The zero-order valence-electron chi connectivity index (χ0n) is 17.0. The third-order valence-corrected chi connectivity index (χ3v) is 3.49. The van der Waals surface area contributed by atoms with Gasteiger partial charge < -0.3 is 11.1 Å². The summed E-state index contributed by atoms with van der Waals surface area (Å²) in [6.07, 6.45) is -1.57. The van der Waals surface area contributed by atoms with Gasteiger partial charge in [-0.25, -0.2) is 0 Å². The van der Waals surface area contributed by atoms with Crippen molar-refractivity contribution in [2.24, 2.45) is 10.7 Å². The Morgan fingerprint density at radius 3 is 2.39 bits per heavy atom. The number of anilines is 1. The Labute approximate surface area is 182 Å². The van der Waals surface area contributed by atoms with Crippen LogP contribution in [0, 0.1) is 17.0 Å². The number of amidine groups is 1. The molecule has 2 rings (SSSR count). The summed E-state index contributed by atoms with van der Waals surface area (Å²) in [5, 5.41) is 13.4. The Morgan fingerprint density at radius 1 is 1.23 bits per heavy atom. The molecule has 0 aromatic heterocycles. The maximum absolute atomic E-state index is 12.4. The van der Waals surface area contributed by atoms with Crippen molar-refractivity contribution in [3.63, 3.8) is 0 Å². The van der Waals surface area contributed by atoms with Gasteiger partial charge in [0.2, 0.25) is 6.41 Å². The standard InChI is InChI=1S/C11H10F3N3O.C7H6ClNO2.C2H6/c12-11(13,14)8-2-1-3-9(6-8)16-5-4-10(15)17-7-18;1-5-4-6(8)2-3-7(5)9(10)11;1-2/h1-7,16H,(H2,15,17,18);2-4H,1H3;1-2H3/b5-4-;;. The fourth-order valence-corrected chi connectivity index (χ4v) is 2.16. The average Bonchev–Trinajstić information content (AvgIpc) is 2.69. The number of halogens is 4. The Balaban J connectivity index is 0.000000591. The van der Waals surface area contributed by atoms with E-state index in [4.69, 9.17) is 17.3 Å². The van der Waals surface area contributed by atoms with E-state index in [9.17, 15) is 28.1 Å². The van der Waals surface area contributed by atoms with Gasteiger partial charge >= 0.3 is 6.18 Å². The number of rotatable bonds is 5. The minimum Gasteiger partial charge on any atom is -0.384 e. The quantitative estimate of drug-likeness (QED) is 0.195. The van der Waals surface area contributed by atoms with E-state index in [2.05, 4.69) is 10.3 Å². The topological polar surface area (TPSA) is 111 Å². The number of nitrogens with one attached hydrogen (secondary N) is 1. The number of nitro groups is 1. The number of carbonyl (C=O) groups excluding carboxylic acids is 1. The molecule has 1 amide bonds. The number of benzene rings is 2. The van der Waals surface area contributed by atoms with Gasteiger partial charge in [0.25, 0.3) is 5.69 Å². The maximum Gasteiger partial charge on any atom is 0.416 e. The molecule has 0 unspecified atom stereocenters. The van der Waals surface area contributed by atoms with Crippen LogP contribution in [0.2, 0.25) is 5.02 Å². The number of hydrogen-bond acceptors (Lipinski definition) is 4. The van der Waals surface area contributed by atoms with Gasteiger partial charge in [-0.05, 0) is 43.3 Å². The van der Waals surface area contributed by atoms with Crippen LogP contribution in [0.15, 0.2) is 59.7 Å². The first kappa shape index (κ1) is 27.6. The van der Waals surface area contributed by atoms with E-state index in [1.165, 1.54) is 36.5 Å². The van der Waals surface area contributed by atoms with Crippen LogP contribution in [0.1, 0.15) is 25.0 Å². The third kappa shape index (κ3) is 10.8. The molecule has 11 heteroatoms. The lowest BCUT2D eigenvalue weighted by Crippen LogP contribution is -2.08. The van der Waals surface area contributed by atoms with E-state index in [-0.39, 0.29) is 23.6 Å². The zero-order valence-corrected chi connectivity index (χ0v) is 17.7. The van der Waals surface area contributed by atoms with Crippen molar-refractivity contribution in [3.05, 3.63) is 81.0 Å². The highest BCUT2D eigenvalue weighted by atomic mass is 35.5. The Hall–Kier alpha value is -3.40. The minimum atomic E-state index is -4.39. The van der Waals surface area contributed by atoms with E-state index >= 15 is 0 Å². The van der Waals surface area contributed by atoms with Crippen LogP contribution < -0.4 is 11.1 Å². The van der Waals surface area contributed by atoms with Crippen molar-refractivity contribution in [1.29, 1.82) is 0 Å². The lowest BCUT2D eigenvalue weighted by molar-refractivity contribution is -0.385. The number of nitrogens with zero attached hydrogens (tertiary/aromatic N) is 2. The van der Waals surface area contributed by atoms with Gasteiger partial charge in [0, 0.05) is 28.5 Å². The summed E-state index contributed by atoms with van der Waals surface area (Å²) in [5.74, 6) is -0.0514. The molecule has 2 aromatic rings. The molecule has 2 aromatic carbocycles. The fraction of sp³-hybridized carbons (Fsp3) is 0.200. The predicted octanol–water partition coefficient (Wildman–Crippen LogP) is 5.73. The largest absolute Gasteiger partial charge is 0.416 e. The summed E-state index contributed by atoms with van der Waals surface area (Å²) in [6, 6.07) is 9.15. The summed E-state index contributed by atoms with van der Waals surface area (Å²) >= 11 is 5.60. The number of aryl methyl sites for hydroxylation is 1. The molecule has 0 radical (unpaired) electrons. The van der Waals surface area contributed by atoms with Gasteiger partial charge in [0.15, 0.2) is 0 Å². The number of carbonyl (C=O) groups is 1. The second-order valence-corrected chi connectivity index (χ2v) is 5.84. The highest BCUT2D eigenvalue weighted by Gasteiger charge is 2.30. The van der Waals surface area contributed by atoms with Crippen molar-refractivity contribution in [1.82, 2.24) is 0 Å². The first-order valence-corrected chi connectivity index (χ1v) is 9.20. The number of alkyl halides is 3. The molecular formula is C20H22ClF3N4O3. The van der Waals surface area contributed by atoms with Gasteiger partial charge in [-0.3, -0.25) is 14.9 Å². The molecule has 0 atom stereocenters. The van der Waals surface area contributed by atoms with Gasteiger partial charge in [-0.1, -0.05) is 31.5 Å². The molecule has 0 saturated heterocycles. The van der Waals surface area contributed by atoms with Crippen LogP contribution in [0.3, 0.4) is 0 Å². The summed E-state index contributed by atoms with van der Waals surface area (Å²) in [5.41, 5.74) is 5.45. The van der Waals surface area contributed by atoms with Crippen molar-refractivity contribution < 1.29 is 22.9 Å². The minimum absolute atomic E-state index is 0.0514. The van der Waals surface area contributed by atoms with Gasteiger partial charge in [0.05, 0.1) is 10.5 Å². The Kier molecular flexibility index (Phi) is 12.2. The molecular weight excluding hydrogens is 437 g/mol. The first-order chi connectivity index (χ1) is 14.5. The molecule has 0 fully saturated rings. The number of amides is 1. The van der Waals surface area contributed by atoms with E-state index in [0.29, 0.717) is 10.6 Å². The number of aliphatic imine (C=N–C) groups is 1. The molecule has 0 aliphatic carbocycles. The molecule has 31 heavy (non-hydrogen) atoms. The molecule has 0 aliphatic rings. The van der Waals surface area contributed by atoms with Crippen LogP contribution in [0.4, 0.5) is 24.5 Å². The zero-order chi connectivity index (χ0) is 24.0. The molecule has 3 N–H and O–H groups in total. The van der Waals surface area contributed by atoms with E-state index in [0.717, 1.165) is 12.1 Å². The first-order valence-electron chi connectivity index (χ1n) is 8.82. The van der Waals surface area contributed by atoms with Gasteiger partial charge in [-0.2, -0.15) is 18.2 Å². The lowest BCUT2D eigenvalue weighted by atomic mass is 10.2. The summed E-state index contributed by atoms with van der Waals surface area (Å²) in [4.78, 5) is 23.0. The normalized spacial score (nSPS) is 11.0. The third-order valence-electron chi connectivity index (χ3n) is 3.25. The van der Waals surface area contributed by atoms with E-state index < -0.39 is 16.7 Å². The number of hydrogen-bond donors (Lipinski definition) is 2. The summed E-state index contributed by atoms with van der Waals surface area (Å²) in [7, 11) is 0. The van der Waals surface area contributed by atoms with E-state index in [1.54, 1.807) is 13.0 Å². The van der Waals surface area contributed by atoms with Crippen LogP contribution >= 0.6 is 11.6 Å². The van der Waals surface area contributed by atoms with Crippen molar-refractivity contribution in [2.45, 2.75) is 26.9 Å². The highest BCUT2D eigenvalue weighted by molar-refractivity contribution is 6.30. The smallest absolute Gasteiger partial charge is 0.384 e. The molecule has 0 saturated carbocycles. The monoisotopic (exact) mass is 458 g/mol. The fourth-order valence-electron chi connectivity index (χ4n) is 1.94. The van der Waals surface area contributed by atoms with Crippen molar-refractivity contribution in [2.75, 3.05) is 5.32 Å². The predicted molar refractivity (Wildman–Crippen MR) is 116 cm³/mol. The molecule has 0 heterocycles. The molecule has 168 valence electrons. The van der Waals surface area contributed by atoms with Crippen molar-refractivity contribution in [3.8, 4) is 0 Å². The molecule has 0 aliphatic heterocycles. The molecule has 7 nitrogen and oxygen atoms in total.